The van der Waals surface area contributed by atoms with Crippen molar-refractivity contribution in [2.24, 2.45) is 0 Å². The topological polar surface area (TPSA) is 67.7 Å². The first kappa shape index (κ1) is 10.1. The molecule has 0 amide bonds. The van der Waals surface area contributed by atoms with Crippen molar-refractivity contribution in [1.29, 1.82) is 0 Å². The monoisotopic (exact) mass is 248 g/mol. The number of carboxylic acid groups (broad SMARTS) is 1. The highest BCUT2D eigenvalue weighted by Gasteiger charge is 2.17. The van der Waals surface area contributed by atoms with Crippen LogP contribution >= 0.6 is 11.3 Å². The van der Waals surface area contributed by atoms with Gasteiger partial charge >= 0.3 is 5.97 Å². The molecule has 0 aromatic carbocycles. The number of aromatic nitrogens is 2. The second kappa shape index (κ2) is 3.46. The number of hydrogen-bond donors (Lipinski definition) is 1. The highest BCUT2D eigenvalue weighted by Crippen LogP contribution is 2.27. The van der Waals surface area contributed by atoms with E-state index in [2.05, 4.69) is 4.98 Å². The molecule has 3 rings (SSSR count). The van der Waals surface area contributed by atoms with Gasteiger partial charge in [-0.15, -0.1) is 0 Å². The van der Waals surface area contributed by atoms with E-state index in [0.29, 0.717) is 27.0 Å². The van der Waals surface area contributed by atoms with Crippen LogP contribution in [0.25, 0.3) is 16.4 Å². The maximum absolute atomic E-state index is 11.0. The summed E-state index contributed by atoms with van der Waals surface area (Å²) in [5.41, 5.74) is 1.39. The van der Waals surface area contributed by atoms with Crippen molar-refractivity contribution in [1.82, 2.24) is 9.38 Å². The fourth-order valence-corrected chi connectivity index (χ4v) is 2.64. The Bertz CT molecular complexity index is 694. The van der Waals surface area contributed by atoms with Crippen LogP contribution in [0.1, 0.15) is 15.4 Å². The number of fused-ring (bicyclic) bond motifs is 1. The lowest BCUT2D eigenvalue weighted by Gasteiger charge is -1.91. The molecule has 3 aromatic rings. The van der Waals surface area contributed by atoms with Gasteiger partial charge in [-0.2, -0.15) is 0 Å². The summed E-state index contributed by atoms with van der Waals surface area (Å²) in [5.74, 6) is -0.241. The van der Waals surface area contributed by atoms with Gasteiger partial charge in [-0.25, -0.2) is 9.78 Å². The minimum absolute atomic E-state index is 0.318. The third-order valence-corrected chi connectivity index (χ3v) is 3.67. The Hall–Kier alpha value is -2.08. The molecule has 0 unspecified atom stereocenters. The molecule has 17 heavy (non-hydrogen) atoms. The molecule has 0 aliphatic rings. The van der Waals surface area contributed by atoms with Gasteiger partial charge in [0.25, 0.3) is 0 Å². The van der Waals surface area contributed by atoms with Gasteiger partial charge in [0, 0.05) is 11.9 Å². The summed E-state index contributed by atoms with van der Waals surface area (Å²) in [6, 6.07) is 3.61. The van der Waals surface area contributed by atoms with Crippen LogP contribution in [0.2, 0.25) is 0 Å². The molecule has 0 spiro atoms. The molecule has 0 radical (unpaired) electrons. The number of thiazole rings is 1. The van der Waals surface area contributed by atoms with Gasteiger partial charge in [0.2, 0.25) is 0 Å². The fourth-order valence-electron chi connectivity index (χ4n) is 1.69. The number of carbonyl (C=O) groups is 1. The van der Waals surface area contributed by atoms with Crippen LogP contribution in [0.4, 0.5) is 0 Å². The van der Waals surface area contributed by atoms with E-state index < -0.39 is 5.97 Å². The lowest BCUT2D eigenvalue weighted by atomic mass is 10.3. The van der Waals surface area contributed by atoms with E-state index in [1.54, 1.807) is 29.9 Å². The van der Waals surface area contributed by atoms with E-state index in [9.17, 15) is 4.79 Å². The van der Waals surface area contributed by atoms with Gasteiger partial charge in [0.15, 0.2) is 10.7 Å². The van der Waals surface area contributed by atoms with E-state index in [4.69, 9.17) is 9.52 Å². The summed E-state index contributed by atoms with van der Waals surface area (Å²) >= 11 is 1.16. The Morgan fingerprint density at radius 3 is 3.00 bits per heavy atom. The van der Waals surface area contributed by atoms with Gasteiger partial charge in [0.1, 0.15) is 10.6 Å². The van der Waals surface area contributed by atoms with Crippen LogP contribution in [0.5, 0.6) is 0 Å². The third-order valence-electron chi connectivity index (χ3n) is 2.52. The average molecular weight is 248 g/mol. The number of carboxylic acids is 1. The van der Waals surface area contributed by atoms with Crippen molar-refractivity contribution in [3.8, 4) is 11.5 Å². The van der Waals surface area contributed by atoms with Gasteiger partial charge < -0.3 is 9.52 Å². The molecule has 0 saturated heterocycles. The first-order chi connectivity index (χ1) is 8.16. The Balaban J connectivity index is 2.19. The SMILES string of the molecule is Cc1c(C(=O)O)sc2nc(-c3ccco3)cn12. The number of hydrogen-bond acceptors (Lipinski definition) is 4. The smallest absolute Gasteiger partial charge is 0.347 e. The Labute approximate surface area is 99.9 Å². The zero-order valence-electron chi connectivity index (χ0n) is 8.88. The van der Waals surface area contributed by atoms with Crippen LogP contribution in [-0.2, 0) is 0 Å². The number of imidazole rings is 1. The van der Waals surface area contributed by atoms with E-state index >= 15 is 0 Å². The second-order valence-electron chi connectivity index (χ2n) is 3.58. The fraction of sp³-hybridized carbons (Fsp3) is 0.0909. The van der Waals surface area contributed by atoms with Crippen LogP contribution in [-0.4, -0.2) is 20.5 Å². The molecule has 6 heteroatoms. The first-order valence-electron chi connectivity index (χ1n) is 4.92. The zero-order valence-corrected chi connectivity index (χ0v) is 9.69. The maximum Gasteiger partial charge on any atom is 0.347 e. The maximum atomic E-state index is 11.0. The summed E-state index contributed by atoms with van der Waals surface area (Å²) in [4.78, 5) is 16.3. The molecule has 0 atom stereocenters. The molecule has 3 aromatic heterocycles. The normalized spacial score (nSPS) is 11.1. The quantitative estimate of drug-likeness (QED) is 0.757. The summed E-state index contributed by atoms with van der Waals surface area (Å²) in [6.45, 7) is 1.76. The lowest BCUT2D eigenvalue weighted by molar-refractivity contribution is 0.0701. The zero-order chi connectivity index (χ0) is 12.0. The molecule has 0 bridgehead atoms. The Morgan fingerprint density at radius 1 is 1.59 bits per heavy atom. The van der Waals surface area contributed by atoms with Crippen molar-refractivity contribution >= 4 is 22.3 Å². The molecular weight excluding hydrogens is 240 g/mol. The second-order valence-corrected chi connectivity index (χ2v) is 4.56. The van der Waals surface area contributed by atoms with Crippen LogP contribution < -0.4 is 0 Å². The predicted molar refractivity (Wildman–Crippen MR) is 62.5 cm³/mol. The highest BCUT2D eigenvalue weighted by atomic mass is 32.1. The first-order valence-corrected chi connectivity index (χ1v) is 5.74. The molecule has 3 heterocycles. The minimum Gasteiger partial charge on any atom is -0.477 e. The molecule has 0 saturated carbocycles. The largest absolute Gasteiger partial charge is 0.477 e. The van der Waals surface area contributed by atoms with Crippen molar-refractivity contribution in [3.63, 3.8) is 0 Å². The number of nitrogens with zero attached hydrogens (tertiary/aromatic N) is 2. The molecule has 0 fully saturated rings. The average Bonchev–Trinajstić information content (AvgIpc) is 2.94. The summed E-state index contributed by atoms with van der Waals surface area (Å²) in [5, 5.41) is 8.99. The molecule has 0 aliphatic heterocycles. The Kier molecular flexibility index (Phi) is 2.05. The van der Waals surface area contributed by atoms with Crippen molar-refractivity contribution in [3.05, 3.63) is 35.2 Å². The minimum atomic E-state index is -0.919. The van der Waals surface area contributed by atoms with Crippen molar-refractivity contribution in [2.45, 2.75) is 6.92 Å². The van der Waals surface area contributed by atoms with E-state index in [-0.39, 0.29) is 0 Å². The number of furan rings is 1. The summed E-state index contributed by atoms with van der Waals surface area (Å²) in [7, 11) is 0. The van der Waals surface area contributed by atoms with Gasteiger partial charge in [-0.05, 0) is 19.1 Å². The van der Waals surface area contributed by atoms with Crippen LogP contribution in [0.15, 0.2) is 29.0 Å². The summed E-state index contributed by atoms with van der Waals surface area (Å²) in [6.07, 6.45) is 3.37. The van der Waals surface area contributed by atoms with E-state index in [1.165, 1.54) is 0 Å². The molecule has 1 N–H and O–H groups in total. The molecular formula is C11H8N2O3S. The van der Waals surface area contributed by atoms with Gasteiger partial charge in [0.05, 0.1) is 6.26 Å². The number of aromatic carboxylic acids is 1. The van der Waals surface area contributed by atoms with Crippen LogP contribution in [0, 0.1) is 6.92 Å². The van der Waals surface area contributed by atoms with Gasteiger partial charge in [-0.3, -0.25) is 4.40 Å². The number of rotatable bonds is 2. The van der Waals surface area contributed by atoms with Crippen LogP contribution in [0.3, 0.4) is 0 Å². The van der Waals surface area contributed by atoms with E-state index in [1.807, 2.05) is 6.07 Å². The highest BCUT2D eigenvalue weighted by molar-refractivity contribution is 7.19. The standard InChI is InChI=1S/C11H8N2O3S/c1-6-9(10(14)15)17-11-12-7(5-13(6)11)8-3-2-4-16-8/h2-5H,1H3,(H,14,15). The van der Waals surface area contributed by atoms with Crippen molar-refractivity contribution < 1.29 is 14.3 Å². The van der Waals surface area contributed by atoms with Gasteiger partial charge in [-0.1, -0.05) is 11.3 Å². The molecule has 86 valence electrons. The predicted octanol–water partition coefficient (Wildman–Crippen LogP) is 2.66. The summed E-state index contributed by atoms with van der Waals surface area (Å²) < 4.78 is 7.02. The Morgan fingerprint density at radius 2 is 2.41 bits per heavy atom. The van der Waals surface area contributed by atoms with Crippen molar-refractivity contribution in [2.75, 3.05) is 0 Å². The third kappa shape index (κ3) is 1.45. The van der Waals surface area contributed by atoms with E-state index in [0.717, 1.165) is 11.3 Å². The number of aryl methyl sites for hydroxylation is 1. The lowest BCUT2D eigenvalue weighted by Crippen LogP contribution is -1.96. The molecule has 5 nitrogen and oxygen atoms in total. The molecule has 0 aliphatic carbocycles.